The highest BCUT2D eigenvalue weighted by atomic mass is 16.6. The van der Waals surface area contributed by atoms with E-state index < -0.39 is 5.60 Å². The van der Waals surface area contributed by atoms with Crippen molar-refractivity contribution < 1.29 is 14.6 Å². The number of likely N-dealkylation sites (tertiary alicyclic amines) is 2. The van der Waals surface area contributed by atoms with Crippen LogP contribution in [0.3, 0.4) is 0 Å². The van der Waals surface area contributed by atoms with Crippen molar-refractivity contribution >= 4 is 6.09 Å². The topological polar surface area (TPSA) is 53.0 Å². The maximum Gasteiger partial charge on any atom is 0.410 e. The molecule has 0 unspecified atom stereocenters. The van der Waals surface area contributed by atoms with E-state index >= 15 is 0 Å². The summed E-state index contributed by atoms with van der Waals surface area (Å²) < 4.78 is 5.37. The number of hydrogen-bond acceptors (Lipinski definition) is 4. The number of aliphatic hydroxyl groups is 1. The van der Waals surface area contributed by atoms with Gasteiger partial charge in [-0.3, -0.25) is 4.90 Å². The molecule has 0 radical (unpaired) electrons. The lowest BCUT2D eigenvalue weighted by Crippen LogP contribution is -2.54. The van der Waals surface area contributed by atoms with Crippen LogP contribution in [0.1, 0.15) is 27.2 Å². The second-order valence-electron chi connectivity index (χ2n) is 6.37. The molecule has 2 rings (SSSR count). The van der Waals surface area contributed by atoms with Gasteiger partial charge in [0, 0.05) is 44.7 Å². The zero-order valence-corrected chi connectivity index (χ0v) is 11.6. The maximum absolute atomic E-state index is 11.9. The Hall–Kier alpha value is -0.810. The number of carbonyl (C=O) groups excluding carboxylic acids is 1. The number of hydrogen-bond donors (Lipinski definition) is 1. The largest absolute Gasteiger partial charge is 0.444 e. The Morgan fingerprint density at radius 1 is 1.33 bits per heavy atom. The van der Waals surface area contributed by atoms with Gasteiger partial charge in [0.2, 0.25) is 0 Å². The molecule has 18 heavy (non-hydrogen) atoms. The molecule has 2 fully saturated rings. The molecule has 0 aromatic carbocycles. The second kappa shape index (κ2) is 5.05. The molecule has 104 valence electrons. The van der Waals surface area contributed by atoms with Gasteiger partial charge in [0.15, 0.2) is 0 Å². The first-order valence-corrected chi connectivity index (χ1v) is 6.72. The quantitative estimate of drug-likeness (QED) is 0.798. The van der Waals surface area contributed by atoms with Gasteiger partial charge in [0.05, 0.1) is 0 Å². The molecule has 5 nitrogen and oxygen atoms in total. The summed E-state index contributed by atoms with van der Waals surface area (Å²) >= 11 is 0. The average molecular weight is 256 g/mol. The third-order valence-electron chi connectivity index (χ3n) is 3.58. The van der Waals surface area contributed by atoms with Gasteiger partial charge in [-0.2, -0.15) is 0 Å². The number of rotatable bonds is 2. The lowest BCUT2D eigenvalue weighted by atomic mass is 9.98. The Morgan fingerprint density at radius 2 is 2.00 bits per heavy atom. The summed E-state index contributed by atoms with van der Waals surface area (Å²) in [5.41, 5.74) is -0.423. The summed E-state index contributed by atoms with van der Waals surface area (Å²) in [4.78, 5) is 16.0. The number of amides is 1. The number of aliphatic hydroxyl groups excluding tert-OH is 1. The van der Waals surface area contributed by atoms with Crippen LogP contribution in [0.15, 0.2) is 0 Å². The normalized spacial score (nSPS) is 26.2. The van der Waals surface area contributed by atoms with Gasteiger partial charge in [-0.15, -0.1) is 0 Å². The predicted molar refractivity (Wildman–Crippen MR) is 68.4 cm³/mol. The van der Waals surface area contributed by atoms with E-state index in [0.29, 0.717) is 12.0 Å². The van der Waals surface area contributed by atoms with E-state index in [9.17, 15) is 4.79 Å². The van der Waals surface area contributed by atoms with Crippen molar-refractivity contribution in [3.63, 3.8) is 0 Å². The van der Waals surface area contributed by atoms with Crippen LogP contribution < -0.4 is 0 Å². The minimum absolute atomic E-state index is 0.204. The van der Waals surface area contributed by atoms with Gasteiger partial charge < -0.3 is 14.7 Å². The molecule has 2 saturated heterocycles. The summed E-state index contributed by atoms with van der Waals surface area (Å²) in [7, 11) is 0. The Bertz CT molecular complexity index is 308. The second-order valence-corrected chi connectivity index (χ2v) is 6.37. The zero-order chi connectivity index (χ0) is 13.3. The highest BCUT2D eigenvalue weighted by Crippen LogP contribution is 2.25. The molecule has 1 amide bonds. The molecule has 2 heterocycles. The van der Waals surface area contributed by atoms with Gasteiger partial charge in [0.25, 0.3) is 0 Å². The van der Waals surface area contributed by atoms with Gasteiger partial charge in [-0.25, -0.2) is 4.79 Å². The molecule has 1 atom stereocenters. The molecule has 0 bridgehead atoms. The highest BCUT2D eigenvalue weighted by Gasteiger charge is 2.37. The smallest absolute Gasteiger partial charge is 0.410 e. The minimum Gasteiger partial charge on any atom is -0.444 e. The standard InChI is InChI=1S/C13H24N2O3/c1-13(2,3)18-12(17)14-5-4-11(8-14)15-6-10(7-15)9-16/h10-11,16H,4-9H2,1-3H3/t11-/m1/s1. The van der Waals surface area contributed by atoms with Crippen LogP contribution in [0.4, 0.5) is 4.79 Å². The Balaban J connectivity index is 1.77. The van der Waals surface area contributed by atoms with Crippen LogP contribution in [0, 0.1) is 5.92 Å². The van der Waals surface area contributed by atoms with Crippen molar-refractivity contribution in [2.45, 2.75) is 38.8 Å². The van der Waals surface area contributed by atoms with Crippen LogP contribution in [-0.4, -0.2) is 65.4 Å². The van der Waals surface area contributed by atoms with Gasteiger partial charge in [-0.1, -0.05) is 0 Å². The van der Waals surface area contributed by atoms with Crippen LogP contribution in [0.5, 0.6) is 0 Å². The van der Waals surface area contributed by atoms with Crippen molar-refractivity contribution in [1.82, 2.24) is 9.80 Å². The van der Waals surface area contributed by atoms with E-state index in [1.807, 2.05) is 20.8 Å². The fourth-order valence-electron chi connectivity index (χ4n) is 2.56. The molecule has 2 aliphatic rings. The highest BCUT2D eigenvalue weighted by molar-refractivity contribution is 5.68. The molecule has 0 saturated carbocycles. The fraction of sp³-hybridized carbons (Fsp3) is 0.923. The predicted octanol–water partition coefficient (Wildman–Crippen LogP) is 0.920. The van der Waals surface area contributed by atoms with Gasteiger partial charge in [0.1, 0.15) is 5.60 Å². The first-order valence-electron chi connectivity index (χ1n) is 6.72. The van der Waals surface area contributed by atoms with Crippen molar-refractivity contribution in [2.75, 3.05) is 32.8 Å². The van der Waals surface area contributed by atoms with Crippen LogP contribution in [0.2, 0.25) is 0 Å². The van der Waals surface area contributed by atoms with E-state index in [1.54, 1.807) is 4.90 Å². The third kappa shape index (κ3) is 3.14. The van der Waals surface area contributed by atoms with Crippen molar-refractivity contribution in [1.29, 1.82) is 0 Å². The number of nitrogens with zero attached hydrogens (tertiary/aromatic N) is 2. The lowest BCUT2D eigenvalue weighted by molar-refractivity contribution is 0.0132. The Kier molecular flexibility index (Phi) is 3.82. The van der Waals surface area contributed by atoms with Crippen LogP contribution >= 0.6 is 0 Å². The molecule has 0 spiro atoms. The molecule has 2 aliphatic heterocycles. The summed E-state index contributed by atoms with van der Waals surface area (Å²) in [6.07, 6.45) is 0.807. The van der Waals surface area contributed by atoms with E-state index in [-0.39, 0.29) is 12.7 Å². The fourth-order valence-corrected chi connectivity index (χ4v) is 2.56. The molecule has 0 aromatic rings. The van der Waals surface area contributed by atoms with Crippen LogP contribution in [-0.2, 0) is 4.74 Å². The van der Waals surface area contributed by atoms with Crippen LogP contribution in [0.25, 0.3) is 0 Å². The molecule has 5 heteroatoms. The lowest BCUT2D eigenvalue weighted by Gasteiger charge is -2.42. The van der Waals surface area contributed by atoms with E-state index in [0.717, 1.165) is 32.6 Å². The number of carbonyl (C=O) groups is 1. The summed E-state index contributed by atoms with van der Waals surface area (Å²) in [5, 5.41) is 9.00. The van der Waals surface area contributed by atoms with E-state index in [2.05, 4.69) is 4.90 Å². The summed E-state index contributed by atoms with van der Waals surface area (Å²) in [6.45, 7) is 9.40. The first kappa shape index (κ1) is 13.6. The molecular weight excluding hydrogens is 232 g/mol. The van der Waals surface area contributed by atoms with Gasteiger partial charge in [-0.05, 0) is 27.2 Å². The van der Waals surface area contributed by atoms with Crippen molar-refractivity contribution in [3.8, 4) is 0 Å². The maximum atomic E-state index is 11.9. The number of ether oxygens (including phenoxy) is 1. The average Bonchev–Trinajstić information content (AvgIpc) is 2.62. The summed E-state index contributed by atoms with van der Waals surface area (Å²) in [6, 6.07) is 0.445. The SMILES string of the molecule is CC(C)(C)OC(=O)N1CC[C@@H](N2CC(CO)C2)C1. The first-order chi connectivity index (χ1) is 8.39. The summed E-state index contributed by atoms with van der Waals surface area (Å²) in [5.74, 6) is 0.431. The molecule has 1 N–H and O–H groups in total. The Morgan fingerprint density at radius 3 is 2.56 bits per heavy atom. The molecule has 0 aliphatic carbocycles. The molecular formula is C13H24N2O3. The van der Waals surface area contributed by atoms with Crippen molar-refractivity contribution in [3.05, 3.63) is 0 Å². The Labute approximate surface area is 109 Å². The van der Waals surface area contributed by atoms with E-state index in [1.165, 1.54) is 0 Å². The third-order valence-corrected chi connectivity index (χ3v) is 3.58. The van der Waals surface area contributed by atoms with Gasteiger partial charge >= 0.3 is 6.09 Å². The van der Waals surface area contributed by atoms with Crippen molar-refractivity contribution in [2.24, 2.45) is 5.92 Å². The monoisotopic (exact) mass is 256 g/mol. The molecule has 0 aromatic heterocycles. The van der Waals surface area contributed by atoms with E-state index in [4.69, 9.17) is 9.84 Å². The zero-order valence-electron chi connectivity index (χ0n) is 11.6. The minimum atomic E-state index is -0.423.